The normalized spacial score (nSPS) is 12.7. The second-order valence-electron chi connectivity index (χ2n) is 4.82. The van der Waals surface area contributed by atoms with Gasteiger partial charge in [0.2, 0.25) is 0 Å². The second-order valence-corrected chi connectivity index (χ2v) is 4.82. The molecule has 0 heterocycles. The van der Waals surface area contributed by atoms with Gasteiger partial charge in [-0.3, -0.25) is 4.79 Å². The molecular weight excluding hydrogens is 184 g/mol. The van der Waals surface area contributed by atoms with Crippen LogP contribution in [0.3, 0.4) is 0 Å². The van der Waals surface area contributed by atoms with E-state index < -0.39 is 0 Å². The highest BCUT2D eigenvalue weighted by Gasteiger charge is 2.22. The molecule has 0 unspecified atom stereocenters. The molecule has 0 aliphatic rings. The molecule has 1 nitrogen and oxygen atoms in total. The lowest BCUT2D eigenvalue weighted by Gasteiger charge is -2.16. The summed E-state index contributed by atoms with van der Waals surface area (Å²) < 4.78 is 0. The average Bonchev–Trinajstić information content (AvgIpc) is 2.16. The molecule has 0 N–H and O–H groups in total. The molecule has 0 saturated heterocycles. The van der Waals surface area contributed by atoms with Crippen molar-refractivity contribution in [1.82, 2.24) is 0 Å². The Hall–Kier alpha value is -1.37. The third-order valence-electron chi connectivity index (χ3n) is 2.22. The zero-order valence-corrected chi connectivity index (χ0v) is 9.87. The van der Waals surface area contributed by atoms with Gasteiger partial charge < -0.3 is 0 Å². The highest BCUT2D eigenvalue weighted by atomic mass is 16.1. The summed E-state index contributed by atoms with van der Waals surface area (Å²) >= 11 is 0. The third-order valence-corrected chi connectivity index (χ3v) is 2.22. The number of ketones is 1. The Morgan fingerprint density at radius 1 is 1.13 bits per heavy atom. The van der Waals surface area contributed by atoms with Gasteiger partial charge in [-0.25, -0.2) is 0 Å². The Balaban J connectivity index is 2.91. The molecule has 0 amide bonds. The van der Waals surface area contributed by atoms with E-state index in [2.05, 4.69) is 0 Å². The van der Waals surface area contributed by atoms with Gasteiger partial charge in [-0.05, 0) is 24.1 Å². The van der Waals surface area contributed by atoms with Crippen LogP contribution >= 0.6 is 0 Å². The van der Waals surface area contributed by atoms with Crippen molar-refractivity contribution in [2.45, 2.75) is 27.7 Å². The van der Waals surface area contributed by atoms with Crippen molar-refractivity contribution in [1.29, 1.82) is 0 Å². The van der Waals surface area contributed by atoms with Crippen LogP contribution in [0.2, 0.25) is 0 Å². The summed E-state index contributed by atoms with van der Waals surface area (Å²) in [5.74, 6) is 0.200. The van der Waals surface area contributed by atoms with Crippen molar-refractivity contribution in [3.63, 3.8) is 0 Å². The predicted molar refractivity (Wildman–Crippen MR) is 64.6 cm³/mol. The Morgan fingerprint density at radius 2 is 1.67 bits per heavy atom. The molecule has 1 heteroatoms. The maximum absolute atomic E-state index is 11.9. The molecule has 1 aromatic carbocycles. The highest BCUT2D eigenvalue weighted by Crippen LogP contribution is 2.21. The lowest BCUT2D eigenvalue weighted by Crippen LogP contribution is -2.20. The van der Waals surface area contributed by atoms with E-state index in [1.165, 1.54) is 0 Å². The van der Waals surface area contributed by atoms with E-state index in [1.54, 1.807) is 0 Å². The fourth-order valence-electron chi connectivity index (χ4n) is 1.46. The van der Waals surface area contributed by atoms with Gasteiger partial charge in [-0.15, -0.1) is 0 Å². The minimum atomic E-state index is -0.296. The van der Waals surface area contributed by atoms with Crippen LogP contribution in [0.15, 0.2) is 35.9 Å². The number of carbonyl (C=O) groups excluding carboxylic acids is 1. The molecule has 0 aromatic heterocycles. The Morgan fingerprint density at radius 3 is 2.13 bits per heavy atom. The van der Waals surface area contributed by atoms with Crippen LogP contribution in [-0.4, -0.2) is 5.78 Å². The highest BCUT2D eigenvalue weighted by molar-refractivity contribution is 6.02. The summed E-state index contributed by atoms with van der Waals surface area (Å²) in [6, 6.07) is 9.92. The topological polar surface area (TPSA) is 17.1 Å². The van der Waals surface area contributed by atoms with Crippen molar-refractivity contribution in [2.24, 2.45) is 5.41 Å². The van der Waals surface area contributed by atoms with Gasteiger partial charge in [0.15, 0.2) is 5.78 Å². The molecule has 0 aliphatic carbocycles. The van der Waals surface area contributed by atoms with E-state index in [1.807, 2.05) is 64.1 Å². The number of benzene rings is 1. The van der Waals surface area contributed by atoms with Gasteiger partial charge in [-0.1, -0.05) is 51.1 Å². The first-order valence-corrected chi connectivity index (χ1v) is 5.19. The van der Waals surface area contributed by atoms with Crippen LogP contribution in [0.5, 0.6) is 0 Å². The summed E-state index contributed by atoms with van der Waals surface area (Å²) in [6.45, 7) is 7.70. The van der Waals surface area contributed by atoms with Crippen molar-refractivity contribution in [2.75, 3.05) is 0 Å². The first-order valence-electron chi connectivity index (χ1n) is 5.19. The molecule has 0 spiro atoms. The number of Topliss-reactive ketones (excluding diaryl/α,β-unsaturated/α-hetero) is 1. The van der Waals surface area contributed by atoms with Crippen molar-refractivity contribution >= 4 is 11.9 Å². The standard InChI is InChI=1S/C14H18O/c1-11(13(15)14(2,3)4)10-12-8-6-5-7-9-12/h5-10H,1-4H3/b11-10+. The maximum Gasteiger partial charge on any atom is 0.163 e. The second kappa shape index (κ2) is 4.43. The summed E-state index contributed by atoms with van der Waals surface area (Å²) in [6.07, 6.45) is 1.94. The van der Waals surface area contributed by atoms with E-state index in [-0.39, 0.29) is 11.2 Å². The number of allylic oxidation sites excluding steroid dienone is 1. The summed E-state index contributed by atoms with van der Waals surface area (Å²) in [7, 11) is 0. The molecule has 0 saturated carbocycles. The monoisotopic (exact) mass is 202 g/mol. The Bertz CT molecular complexity index is 366. The van der Waals surface area contributed by atoms with E-state index in [0.717, 1.165) is 11.1 Å². The molecule has 0 fully saturated rings. The Labute approximate surface area is 91.8 Å². The molecule has 1 aromatic rings. The molecule has 0 bridgehead atoms. The summed E-state index contributed by atoms with van der Waals surface area (Å²) in [5.41, 5.74) is 1.59. The first-order chi connectivity index (χ1) is 6.91. The van der Waals surface area contributed by atoms with Crippen molar-refractivity contribution in [3.05, 3.63) is 41.5 Å². The predicted octanol–water partition coefficient (Wildman–Crippen LogP) is 3.71. The lowest BCUT2D eigenvalue weighted by molar-refractivity contribution is -0.122. The van der Waals surface area contributed by atoms with Crippen LogP contribution in [0, 0.1) is 5.41 Å². The molecule has 15 heavy (non-hydrogen) atoms. The molecule has 0 atom stereocenters. The molecule has 80 valence electrons. The van der Waals surface area contributed by atoms with Gasteiger partial charge in [0.05, 0.1) is 0 Å². The molecule has 1 rings (SSSR count). The number of hydrogen-bond acceptors (Lipinski definition) is 1. The third kappa shape index (κ3) is 3.35. The van der Waals surface area contributed by atoms with E-state index in [0.29, 0.717) is 0 Å². The van der Waals surface area contributed by atoms with Crippen molar-refractivity contribution in [3.8, 4) is 0 Å². The minimum Gasteiger partial charge on any atom is -0.294 e. The number of hydrogen-bond donors (Lipinski definition) is 0. The van der Waals surface area contributed by atoms with Crippen LogP contribution in [0.1, 0.15) is 33.3 Å². The van der Waals surface area contributed by atoms with Gasteiger partial charge in [-0.2, -0.15) is 0 Å². The van der Waals surface area contributed by atoms with Gasteiger partial charge in [0, 0.05) is 5.41 Å². The first kappa shape index (κ1) is 11.7. The van der Waals surface area contributed by atoms with Crippen LogP contribution in [0.25, 0.3) is 6.08 Å². The van der Waals surface area contributed by atoms with E-state index >= 15 is 0 Å². The zero-order chi connectivity index (χ0) is 11.5. The van der Waals surface area contributed by atoms with Gasteiger partial charge in [0.1, 0.15) is 0 Å². The molecule has 0 aliphatic heterocycles. The maximum atomic E-state index is 11.9. The SMILES string of the molecule is C/C(=C\c1ccccc1)C(=O)C(C)(C)C. The average molecular weight is 202 g/mol. The summed E-state index contributed by atoms with van der Waals surface area (Å²) in [5, 5.41) is 0. The quantitative estimate of drug-likeness (QED) is 0.668. The zero-order valence-electron chi connectivity index (χ0n) is 9.87. The van der Waals surface area contributed by atoms with Gasteiger partial charge >= 0.3 is 0 Å². The van der Waals surface area contributed by atoms with Gasteiger partial charge in [0.25, 0.3) is 0 Å². The Kier molecular flexibility index (Phi) is 3.46. The van der Waals surface area contributed by atoms with Crippen LogP contribution < -0.4 is 0 Å². The van der Waals surface area contributed by atoms with E-state index in [9.17, 15) is 4.79 Å². The van der Waals surface area contributed by atoms with E-state index in [4.69, 9.17) is 0 Å². The number of carbonyl (C=O) groups is 1. The molecule has 0 radical (unpaired) electrons. The fraction of sp³-hybridized carbons (Fsp3) is 0.357. The lowest BCUT2D eigenvalue weighted by atomic mass is 9.86. The van der Waals surface area contributed by atoms with Crippen molar-refractivity contribution < 1.29 is 4.79 Å². The van der Waals surface area contributed by atoms with Crippen LogP contribution in [-0.2, 0) is 4.79 Å². The van der Waals surface area contributed by atoms with Crippen LogP contribution in [0.4, 0.5) is 0 Å². The largest absolute Gasteiger partial charge is 0.294 e. The fourth-order valence-corrected chi connectivity index (χ4v) is 1.46. The number of rotatable bonds is 2. The summed E-state index contributed by atoms with van der Waals surface area (Å²) in [4.78, 5) is 11.9. The minimum absolute atomic E-state index is 0.200. The smallest absolute Gasteiger partial charge is 0.163 e. The molecular formula is C14H18O.